The molecule has 0 radical (unpaired) electrons. The quantitative estimate of drug-likeness (QED) is 0.896. The van der Waals surface area contributed by atoms with Crippen LogP contribution in [0.4, 0.5) is 0 Å². The molecular formula is C17H28N4. The molecule has 4 heteroatoms. The molecule has 2 aliphatic rings. The van der Waals surface area contributed by atoms with Crippen LogP contribution in [-0.2, 0) is 13.1 Å². The fraction of sp³-hybridized carbons (Fsp3) is 0.706. The van der Waals surface area contributed by atoms with Gasteiger partial charge in [0.1, 0.15) is 0 Å². The van der Waals surface area contributed by atoms with Crippen molar-refractivity contribution in [3.63, 3.8) is 0 Å². The van der Waals surface area contributed by atoms with Crippen molar-refractivity contribution in [1.29, 1.82) is 0 Å². The molecule has 3 rings (SSSR count). The molecular weight excluding hydrogens is 260 g/mol. The number of rotatable bonds is 5. The summed E-state index contributed by atoms with van der Waals surface area (Å²) in [6.45, 7) is 11.2. The van der Waals surface area contributed by atoms with Gasteiger partial charge in [0.15, 0.2) is 0 Å². The van der Waals surface area contributed by atoms with Crippen LogP contribution in [0.1, 0.15) is 38.1 Å². The highest BCUT2D eigenvalue weighted by atomic mass is 15.3. The van der Waals surface area contributed by atoms with Crippen LogP contribution >= 0.6 is 0 Å². The third-order valence-corrected chi connectivity index (χ3v) is 4.61. The van der Waals surface area contributed by atoms with Crippen LogP contribution in [0.3, 0.4) is 0 Å². The number of nitrogens with one attached hydrogen (secondary N) is 1. The number of pyridine rings is 1. The SMILES string of the molecule is CC(C)NCc1cccc(CN2CCN3CCCC3C2)n1. The zero-order chi connectivity index (χ0) is 14.7. The highest BCUT2D eigenvalue weighted by Gasteiger charge is 2.30. The Kier molecular flexibility index (Phi) is 4.88. The molecule has 1 unspecified atom stereocenters. The average Bonchev–Trinajstić information content (AvgIpc) is 2.93. The van der Waals surface area contributed by atoms with Crippen molar-refractivity contribution >= 4 is 0 Å². The molecule has 3 heterocycles. The molecule has 0 amide bonds. The Morgan fingerprint density at radius 2 is 2.10 bits per heavy atom. The van der Waals surface area contributed by atoms with Gasteiger partial charge in [-0.3, -0.25) is 14.8 Å². The smallest absolute Gasteiger partial charge is 0.0547 e. The van der Waals surface area contributed by atoms with Crippen LogP contribution in [-0.4, -0.2) is 53.0 Å². The molecule has 0 aliphatic carbocycles. The summed E-state index contributed by atoms with van der Waals surface area (Å²) >= 11 is 0. The standard InChI is InChI=1S/C17H28N4/c1-14(2)18-11-15-5-3-6-16(19-15)12-20-9-10-21-8-4-7-17(21)13-20/h3,5-6,14,17-18H,4,7-13H2,1-2H3. The van der Waals surface area contributed by atoms with E-state index < -0.39 is 0 Å². The van der Waals surface area contributed by atoms with Crippen molar-refractivity contribution in [3.8, 4) is 0 Å². The molecule has 21 heavy (non-hydrogen) atoms. The minimum Gasteiger partial charge on any atom is -0.309 e. The number of nitrogens with zero attached hydrogens (tertiary/aromatic N) is 3. The van der Waals surface area contributed by atoms with E-state index in [-0.39, 0.29) is 0 Å². The molecule has 2 saturated heterocycles. The third-order valence-electron chi connectivity index (χ3n) is 4.61. The molecule has 2 fully saturated rings. The molecule has 1 aromatic heterocycles. The molecule has 1 N–H and O–H groups in total. The summed E-state index contributed by atoms with van der Waals surface area (Å²) in [5.74, 6) is 0. The number of hydrogen-bond donors (Lipinski definition) is 1. The van der Waals surface area contributed by atoms with Crippen LogP contribution in [0.5, 0.6) is 0 Å². The second kappa shape index (κ2) is 6.86. The molecule has 2 aliphatic heterocycles. The minimum absolute atomic E-state index is 0.505. The number of fused-ring (bicyclic) bond motifs is 1. The average molecular weight is 288 g/mol. The Morgan fingerprint density at radius 3 is 2.95 bits per heavy atom. The highest BCUT2D eigenvalue weighted by molar-refractivity contribution is 5.11. The van der Waals surface area contributed by atoms with Gasteiger partial charge in [-0.25, -0.2) is 0 Å². The van der Waals surface area contributed by atoms with Gasteiger partial charge < -0.3 is 5.32 Å². The van der Waals surface area contributed by atoms with Gasteiger partial charge in [0.2, 0.25) is 0 Å². The summed E-state index contributed by atoms with van der Waals surface area (Å²) in [6, 6.07) is 7.73. The zero-order valence-corrected chi connectivity index (χ0v) is 13.4. The Hall–Kier alpha value is -0.970. The molecule has 0 saturated carbocycles. The molecule has 1 aromatic rings. The summed E-state index contributed by atoms with van der Waals surface area (Å²) in [5.41, 5.74) is 2.37. The summed E-state index contributed by atoms with van der Waals surface area (Å²) in [4.78, 5) is 10.0. The Balaban J connectivity index is 1.56. The molecule has 116 valence electrons. The zero-order valence-electron chi connectivity index (χ0n) is 13.4. The monoisotopic (exact) mass is 288 g/mol. The molecule has 1 atom stereocenters. The van der Waals surface area contributed by atoms with E-state index in [1.165, 1.54) is 44.7 Å². The first-order valence-corrected chi connectivity index (χ1v) is 8.35. The normalized spacial score (nSPS) is 23.7. The summed E-state index contributed by atoms with van der Waals surface area (Å²) in [7, 11) is 0. The van der Waals surface area contributed by atoms with E-state index in [4.69, 9.17) is 4.98 Å². The highest BCUT2D eigenvalue weighted by Crippen LogP contribution is 2.22. The lowest BCUT2D eigenvalue weighted by Crippen LogP contribution is -2.49. The largest absolute Gasteiger partial charge is 0.309 e. The maximum atomic E-state index is 4.81. The maximum Gasteiger partial charge on any atom is 0.0547 e. The van der Waals surface area contributed by atoms with Gasteiger partial charge >= 0.3 is 0 Å². The first kappa shape index (κ1) is 14.9. The van der Waals surface area contributed by atoms with Crippen LogP contribution in [0.15, 0.2) is 18.2 Å². The molecule has 0 aromatic carbocycles. The van der Waals surface area contributed by atoms with Gasteiger partial charge in [-0.15, -0.1) is 0 Å². The second-order valence-corrected chi connectivity index (χ2v) is 6.72. The Labute approximate surface area is 128 Å². The lowest BCUT2D eigenvalue weighted by atomic mass is 10.1. The van der Waals surface area contributed by atoms with Gasteiger partial charge in [0.25, 0.3) is 0 Å². The second-order valence-electron chi connectivity index (χ2n) is 6.72. The van der Waals surface area contributed by atoms with E-state index in [0.717, 1.165) is 24.8 Å². The van der Waals surface area contributed by atoms with Crippen LogP contribution in [0, 0.1) is 0 Å². The van der Waals surface area contributed by atoms with Gasteiger partial charge in [0.05, 0.1) is 11.4 Å². The van der Waals surface area contributed by atoms with E-state index in [1.807, 2.05) is 0 Å². The number of aromatic nitrogens is 1. The van der Waals surface area contributed by atoms with Crippen molar-refractivity contribution in [1.82, 2.24) is 20.1 Å². The van der Waals surface area contributed by atoms with Gasteiger partial charge in [-0.1, -0.05) is 19.9 Å². The van der Waals surface area contributed by atoms with Crippen molar-refractivity contribution in [2.45, 2.75) is 51.9 Å². The molecule has 4 nitrogen and oxygen atoms in total. The minimum atomic E-state index is 0.505. The van der Waals surface area contributed by atoms with E-state index in [1.54, 1.807) is 0 Å². The first-order valence-electron chi connectivity index (χ1n) is 8.35. The van der Waals surface area contributed by atoms with Crippen LogP contribution in [0.25, 0.3) is 0 Å². The fourth-order valence-electron chi connectivity index (χ4n) is 3.45. The maximum absolute atomic E-state index is 4.81. The summed E-state index contributed by atoms with van der Waals surface area (Å²) < 4.78 is 0. The molecule has 0 bridgehead atoms. The van der Waals surface area contributed by atoms with Gasteiger partial charge in [-0.2, -0.15) is 0 Å². The van der Waals surface area contributed by atoms with Gasteiger partial charge in [0, 0.05) is 44.8 Å². The van der Waals surface area contributed by atoms with Crippen LogP contribution in [0.2, 0.25) is 0 Å². The van der Waals surface area contributed by atoms with Crippen LogP contribution < -0.4 is 5.32 Å². The number of hydrogen-bond acceptors (Lipinski definition) is 4. The topological polar surface area (TPSA) is 31.4 Å². The molecule has 0 spiro atoms. The summed E-state index contributed by atoms with van der Waals surface area (Å²) in [6.07, 6.45) is 2.76. The van der Waals surface area contributed by atoms with Crippen molar-refractivity contribution in [2.24, 2.45) is 0 Å². The predicted octanol–water partition coefficient (Wildman–Crippen LogP) is 1.86. The third kappa shape index (κ3) is 4.02. The van der Waals surface area contributed by atoms with Crippen molar-refractivity contribution in [3.05, 3.63) is 29.6 Å². The van der Waals surface area contributed by atoms with Crippen molar-refractivity contribution < 1.29 is 0 Å². The lowest BCUT2D eigenvalue weighted by Gasteiger charge is -2.37. The van der Waals surface area contributed by atoms with E-state index >= 15 is 0 Å². The lowest BCUT2D eigenvalue weighted by molar-refractivity contribution is 0.0984. The van der Waals surface area contributed by atoms with Gasteiger partial charge in [-0.05, 0) is 31.5 Å². The Bertz CT molecular complexity index is 460. The van der Waals surface area contributed by atoms with E-state index in [2.05, 4.69) is 47.2 Å². The number of piperazine rings is 1. The Morgan fingerprint density at radius 1 is 1.24 bits per heavy atom. The van der Waals surface area contributed by atoms with E-state index in [9.17, 15) is 0 Å². The fourth-order valence-corrected chi connectivity index (χ4v) is 3.45. The first-order chi connectivity index (χ1) is 10.2. The van der Waals surface area contributed by atoms with Crippen molar-refractivity contribution in [2.75, 3.05) is 26.2 Å². The predicted molar refractivity (Wildman–Crippen MR) is 86.1 cm³/mol. The summed E-state index contributed by atoms with van der Waals surface area (Å²) in [5, 5.41) is 3.44. The van der Waals surface area contributed by atoms with E-state index in [0.29, 0.717) is 6.04 Å².